The summed E-state index contributed by atoms with van der Waals surface area (Å²) in [7, 11) is 0. The zero-order valence-corrected chi connectivity index (χ0v) is 9.52. The normalized spacial score (nSPS) is 18.4. The van der Waals surface area contributed by atoms with Gasteiger partial charge in [0.05, 0.1) is 17.7 Å². The number of aliphatic hydroxyl groups excluding tert-OH is 1. The van der Waals surface area contributed by atoms with Crippen LogP contribution in [0.1, 0.15) is 18.4 Å². The largest absolute Gasteiger partial charge is 0.394 e. The van der Waals surface area contributed by atoms with E-state index in [0.717, 1.165) is 0 Å². The fourth-order valence-corrected chi connectivity index (χ4v) is 1.93. The predicted molar refractivity (Wildman–Crippen MR) is 62.4 cm³/mol. The van der Waals surface area contributed by atoms with Gasteiger partial charge in [0.2, 0.25) is 0 Å². The van der Waals surface area contributed by atoms with Crippen LogP contribution in [0.4, 0.5) is 5.82 Å². The van der Waals surface area contributed by atoms with Crippen LogP contribution < -0.4 is 5.32 Å². The van der Waals surface area contributed by atoms with Gasteiger partial charge in [-0.2, -0.15) is 5.26 Å². The summed E-state index contributed by atoms with van der Waals surface area (Å²) in [5.74, 6) is 0.533. The minimum atomic E-state index is -0.418. The molecule has 2 heterocycles. The Hall–Kier alpha value is -1.64. The van der Waals surface area contributed by atoms with Crippen LogP contribution in [0.25, 0.3) is 0 Å². The minimum absolute atomic E-state index is 0.0117. The Bertz CT molecular complexity index is 422. The van der Waals surface area contributed by atoms with Gasteiger partial charge in [0, 0.05) is 19.4 Å². The van der Waals surface area contributed by atoms with Crippen molar-refractivity contribution < 1.29 is 9.84 Å². The number of aliphatic hydroxyl groups is 1. The van der Waals surface area contributed by atoms with Gasteiger partial charge in [-0.15, -0.1) is 0 Å². The van der Waals surface area contributed by atoms with Gasteiger partial charge < -0.3 is 15.2 Å². The molecule has 0 spiro atoms. The Morgan fingerprint density at radius 2 is 2.29 bits per heavy atom. The predicted octanol–water partition coefficient (Wildman–Crippen LogP) is 0.907. The zero-order valence-electron chi connectivity index (χ0n) is 9.52. The molecule has 0 aliphatic carbocycles. The number of nitrogens with zero attached hydrogens (tertiary/aromatic N) is 2. The van der Waals surface area contributed by atoms with Crippen molar-refractivity contribution in [1.29, 1.82) is 5.26 Å². The molecule has 17 heavy (non-hydrogen) atoms. The van der Waals surface area contributed by atoms with Crippen LogP contribution in [0, 0.1) is 11.3 Å². The average Bonchev–Trinajstić information content (AvgIpc) is 2.40. The van der Waals surface area contributed by atoms with E-state index in [1.165, 1.54) is 0 Å². The molecule has 1 aromatic heterocycles. The SMILES string of the molecule is N#Cc1cccnc1NC1(CO)CCOCC1. The molecule has 0 radical (unpaired) electrons. The summed E-state index contributed by atoms with van der Waals surface area (Å²) in [6.45, 7) is 1.24. The molecule has 0 unspecified atom stereocenters. The Kier molecular flexibility index (Phi) is 3.57. The Morgan fingerprint density at radius 3 is 2.94 bits per heavy atom. The van der Waals surface area contributed by atoms with E-state index in [-0.39, 0.29) is 6.61 Å². The number of anilines is 1. The monoisotopic (exact) mass is 233 g/mol. The maximum absolute atomic E-state index is 9.54. The molecule has 1 aliphatic heterocycles. The summed E-state index contributed by atoms with van der Waals surface area (Å²) < 4.78 is 5.28. The molecule has 5 heteroatoms. The number of hydrogen-bond donors (Lipinski definition) is 2. The van der Waals surface area contributed by atoms with Crippen molar-refractivity contribution in [1.82, 2.24) is 4.98 Å². The van der Waals surface area contributed by atoms with Gasteiger partial charge in [-0.05, 0) is 25.0 Å². The molecular formula is C12H15N3O2. The van der Waals surface area contributed by atoms with Crippen LogP contribution >= 0.6 is 0 Å². The molecule has 1 aromatic rings. The van der Waals surface area contributed by atoms with E-state index in [9.17, 15) is 5.11 Å². The number of ether oxygens (including phenoxy) is 1. The van der Waals surface area contributed by atoms with E-state index >= 15 is 0 Å². The maximum atomic E-state index is 9.54. The fourth-order valence-electron chi connectivity index (χ4n) is 1.93. The summed E-state index contributed by atoms with van der Waals surface area (Å²) in [5, 5.41) is 21.7. The first kappa shape index (κ1) is 11.8. The highest BCUT2D eigenvalue weighted by molar-refractivity contribution is 5.52. The topological polar surface area (TPSA) is 78.2 Å². The molecule has 0 amide bonds. The summed E-state index contributed by atoms with van der Waals surface area (Å²) in [5.41, 5.74) is 0.0740. The van der Waals surface area contributed by atoms with Gasteiger partial charge in [-0.25, -0.2) is 4.98 Å². The number of hydrogen-bond acceptors (Lipinski definition) is 5. The lowest BCUT2D eigenvalue weighted by atomic mass is 9.91. The summed E-state index contributed by atoms with van der Waals surface area (Å²) in [6, 6.07) is 5.52. The number of pyridine rings is 1. The minimum Gasteiger partial charge on any atom is -0.394 e. The molecule has 1 aliphatic rings. The highest BCUT2D eigenvalue weighted by Crippen LogP contribution is 2.25. The summed E-state index contributed by atoms with van der Waals surface area (Å²) >= 11 is 0. The Balaban J connectivity index is 2.21. The maximum Gasteiger partial charge on any atom is 0.144 e. The molecule has 2 N–H and O–H groups in total. The Morgan fingerprint density at radius 1 is 1.53 bits per heavy atom. The van der Waals surface area contributed by atoms with E-state index in [1.807, 2.05) is 0 Å². The van der Waals surface area contributed by atoms with Crippen LogP contribution in [0.2, 0.25) is 0 Å². The smallest absolute Gasteiger partial charge is 0.144 e. The van der Waals surface area contributed by atoms with Gasteiger partial charge in [0.25, 0.3) is 0 Å². The van der Waals surface area contributed by atoms with Crippen LogP contribution in [-0.2, 0) is 4.74 Å². The van der Waals surface area contributed by atoms with Crippen molar-refractivity contribution in [2.24, 2.45) is 0 Å². The highest BCUT2D eigenvalue weighted by Gasteiger charge is 2.32. The number of nitrogens with one attached hydrogen (secondary N) is 1. The first-order chi connectivity index (χ1) is 8.29. The summed E-state index contributed by atoms with van der Waals surface area (Å²) in [4.78, 5) is 4.15. The van der Waals surface area contributed by atoms with Gasteiger partial charge >= 0.3 is 0 Å². The number of aromatic nitrogens is 1. The highest BCUT2D eigenvalue weighted by atomic mass is 16.5. The zero-order chi connectivity index (χ0) is 12.1. The molecule has 1 saturated heterocycles. The van der Waals surface area contributed by atoms with E-state index in [4.69, 9.17) is 10.00 Å². The second kappa shape index (κ2) is 5.13. The molecule has 90 valence electrons. The molecule has 0 aromatic carbocycles. The van der Waals surface area contributed by atoms with Crippen molar-refractivity contribution in [2.45, 2.75) is 18.4 Å². The van der Waals surface area contributed by atoms with Crippen molar-refractivity contribution in [3.05, 3.63) is 23.9 Å². The molecule has 2 rings (SSSR count). The lowest BCUT2D eigenvalue weighted by Crippen LogP contribution is -2.47. The molecule has 5 nitrogen and oxygen atoms in total. The second-order valence-corrected chi connectivity index (χ2v) is 4.19. The van der Waals surface area contributed by atoms with Crippen molar-refractivity contribution >= 4 is 5.82 Å². The van der Waals surface area contributed by atoms with E-state index in [2.05, 4.69) is 16.4 Å². The third kappa shape index (κ3) is 2.54. The lowest BCUT2D eigenvalue weighted by molar-refractivity contribution is 0.0378. The van der Waals surface area contributed by atoms with Gasteiger partial charge in [-0.3, -0.25) is 0 Å². The summed E-state index contributed by atoms with van der Waals surface area (Å²) in [6.07, 6.45) is 3.06. The second-order valence-electron chi connectivity index (χ2n) is 4.19. The lowest BCUT2D eigenvalue weighted by Gasteiger charge is -2.36. The van der Waals surface area contributed by atoms with Crippen molar-refractivity contribution in [2.75, 3.05) is 25.1 Å². The molecule has 0 saturated carbocycles. The first-order valence-corrected chi connectivity index (χ1v) is 5.61. The van der Waals surface area contributed by atoms with Gasteiger partial charge in [0.15, 0.2) is 0 Å². The average molecular weight is 233 g/mol. The van der Waals surface area contributed by atoms with E-state index in [1.54, 1.807) is 18.3 Å². The van der Waals surface area contributed by atoms with Crippen LogP contribution in [0.5, 0.6) is 0 Å². The van der Waals surface area contributed by atoms with Crippen molar-refractivity contribution in [3.63, 3.8) is 0 Å². The molecule has 0 bridgehead atoms. The third-order valence-electron chi connectivity index (χ3n) is 3.06. The van der Waals surface area contributed by atoms with Crippen LogP contribution in [-0.4, -0.2) is 35.5 Å². The van der Waals surface area contributed by atoms with E-state index < -0.39 is 5.54 Å². The molecular weight excluding hydrogens is 218 g/mol. The van der Waals surface area contributed by atoms with Gasteiger partial charge in [0.1, 0.15) is 11.9 Å². The number of nitriles is 1. The van der Waals surface area contributed by atoms with Gasteiger partial charge in [-0.1, -0.05) is 0 Å². The molecule has 1 fully saturated rings. The Labute approximate surface area is 100 Å². The van der Waals surface area contributed by atoms with E-state index in [0.29, 0.717) is 37.4 Å². The fraction of sp³-hybridized carbons (Fsp3) is 0.500. The van der Waals surface area contributed by atoms with Crippen LogP contribution in [0.3, 0.4) is 0 Å². The first-order valence-electron chi connectivity index (χ1n) is 5.61. The van der Waals surface area contributed by atoms with Crippen LogP contribution in [0.15, 0.2) is 18.3 Å². The quantitative estimate of drug-likeness (QED) is 0.811. The van der Waals surface area contributed by atoms with Crippen molar-refractivity contribution in [3.8, 4) is 6.07 Å². The third-order valence-corrected chi connectivity index (χ3v) is 3.06. The molecule has 0 atom stereocenters. The number of rotatable bonds is 3. The standard InChI is InChI=1S/C12H15N3O2/c13-8-10-2-1-5-14-11(10)15-12(9-16)3-6-17-7-4-12/h1-2,5,16H,3-4,6-7,9H2,(H,14,15).